The van der Waals surface area contributed by atoms with E-state index in [-0.39, 0.29) is 18.6 Å². The van der Waals surface area contributed by atoms with E-state index in [1.807, 2.05) is 7.05 Å². The van der Waals surface area contributed by atoms with Crippen LogP contribution in [-0.2, 0) is 4.79 Å². The van der Waals surface area contributed by atoms with E-state index in [1.165, 1.54) is 0 Å². The van der Waals surface area contributed by atoms with E-state index in [9.17, 15) is 9.90 Å². The highest BCUT2D eigenvalue weighted by atomic mass is 16.3. The molecular formula is C12H25N3O2. The molecule has 1 unspecified atom stereocenters. The van der Waals surface area contributed by atoms with Crippen molar-refractivity contribution in [1.82, 2.24) is 9.80 Å². The fraction of sp³-hybridized carbons (Fsp3) is 0.917. The van der Waals surface area contributed by atoms with Crippen molar-refractivity contribution in [3.63, 3.8) is 0 Å². The molecule has 100 valence electrons. The lowest BCUT2D eigenvalue weighted by molar-refractivity contribution is -0.130. The van der Waals surface area contributed by atoms with Gasteiger partial charge in [-0.1, -0.05) is 0 Å². The molecule has 0 spiro atoms. The summed E-state index contributed by atoms with van der Waals surface area (Å²) in [6.07, 6.45) is 3.57. The van der Waals surface area contributed by atoms with Crippen LogP contribution >= 0.6 is 0 Å². The van der Waals surface area contributed by atoms with Crippen LogP contribution in [0.1, 0.15) is 25.7 Å². The SMILES string of the molecule is CN(CCCN)C(=O)CCN1CCCC1CO. The Labute approximate surface area is 104 Å². The number of carbonyl (C=O) groups is 1. The van der Waals surface area contributed by atoms with Gasteiger partial charge in [-0.05, 0) is 32.4 Å². The Morgan fingerprint density at radius 3 is 3.00 bits per heavy atom. The Bertz CT molecular complexity index is 236. The number of nitrogens with two attached hydrogens (primary N) is 1. The maximum atomic E-state index is 11.8. The number of rotatable bonds is 7. The number of likely N-dealkylation sites (tertiary alicyclic amines) is 1. The normalized spacial score (nSPS) is 20.8. The van der Waals surface area contributed by atoms with Crippen molar-refractivity contribution in [2.45, 2.75) is 31.7 Å². The number of amides is 1. The van der Waals surface area contributed by atoms with Crippen molar-refractivity contribution >= 4 is 5.91 Å². The van der Waals surface area contributed by atoms with Crippen LogP contribution in [-0.4, -0.2) is 66.7 Å². The lowest BCUT2D eigenvalue weighted by Crippen LogP contribution is -2.36. The van der Waals surface area contributed by atoms with E-state index in [0.717, 1.165) is 38.9 Å². The summed E-state index contributed by atoms with van der Waals surface area (Å²) in [4.78, 5) is 15.8. The molecule has 0 aromatic heterocycles. The van der Waals surface area contributed by atoms with E-state index in [4.69, 9.17) is 5.73 Å². The van der Waals surface area contributed by atoms with Crippen LogP contribution in [0.2, 0.25) is 0 Å². The van der Waals surface area contributed by atoms with Crippen LogP contribution in [0.15, 0.2) is 0 Å². The molecule has 1 fully saturated rings. The Morgan fingerprint density at radius 2 is 2.35 bits per heavy atom. The van der Waals surface area contributed by atoms with Gasteiger partial charge in [0.1, 0.15) is 0 Å². The Kier molecular flexibility index (Phi) is 6.47. The van der Waals surface area contributed by atoms with Crippen LogP contribution < -0.4 is 5.73 Å². The molecule has 3 N–H and O–H groups in total. The summed E-state index contributed by atoms with van der Waals surface area (Å²) in [6.45, 7) is 3.33. The van der Waals surface area contributed by atoms with E-state index in [0.29, 0.717) is 13.0 Å². The number of aliphatic hydroxyl groups excluding tert-OH is 1. The second kappa shape index (κ2) is 7.63. The molecule has 1 aliphatic rings. The zero-order chi connectivity index (χ0) is 12.7. The lowest BCUT2D eigenvalue weighted by Gasteiger charge is -2.24. The molecule has 1 atom stereocenters. The molecular weight excluding hydrogens is 218 g/mol. The van der Waals surface area contributed by atoms with E-state index in [2.05, 4.69) is 4.90 Å². The average Bonchev–Trinajstić information content (AvgIpc) is 2.80. The second-order valence-electron chi connectivity index (χ2n) is 4.72. The Balaban J connectivity index is 2.22. The summed E-state index contributed by atoms with van der Waals surface area (Å²) in [5, 5.41) is 9.18. The molecule has 1 amide bonds. The van der Waals surface area contributed by atoms with Gasteiger partial charge in [-0.25, -0.2) is 0 Å². The van der Waals surface area contributed by atoms with Crippen LogP contribution in [0.5, 0.6) is 0 Å². The van der Waals surface area contributed by atoms with Crippen LogP contribution in [0.4, 0.5) is 0 Å². The van der Waals surface area contributed by atoms with Crippen molar-refractivity contribution in [3.8, 4) is 0 Å². The van der Waals surface area contributed by atoms with Gasteiger partial charge in [-0.3, -0.25) is 9.69 Å². The highest BCUT2D eigenvalue weighted by Crippen LogP contribution is 2.16. The predicted molar refractivity (Wildman–Crippen MR) is 67.6 cm³/mol. The van der Waals surface area contributed by atoms with E-state index < -0.39 is 0 Å². The molecule has 0 bridgehead atoms. The van der Waals surface area contributed by atoms with Crippen molar-refractivity contribution in [3.05, 3.63) is 0 Å². The molecule has 1 heterocycles. The summed E-state index contributed by atoms with van der Waals surface area (Å²) in [6, 6.07) is 0.261. The first kappa shape index (κ1) is 14.4. The Hall–Kier alpha value is -0.650. The minimum atomic E-state index is 0.169. The number of aliphatic hydroxyl groups is 1. The van der Waals surface area contributed by atoms with Gasteiger partial charge in [0, 0.05) is 32.6 Å². The predicted octanol–water partition coefficient (Wildman–Crippen LogP) is -0.360. The van der Waals surface area contributed by atoms with Gasteiger partial charge in [-0.2, -0.15) is 0 Å². The van der Waals surface area contributed by atoms with Gasteiger partial charge in [0.25, 0.3) is 0 Å². The van der Waals surface area contributed by atoms with Gasteiger partial charge in [-0.15, -0.1) is 0 Å². The van der Waals surface area contributed by atoms with Crippen molar-refractivity contribution in [2.75, 3.05) is 39.8 Å². The van der Waals surface area contributed by atoms with Gasteiger partial charge in [0.05, 0.1) is 6.61 Å². The topological polar surface area (TPSA) is 69.8 Å². The van der Waals surface area contributed by atoms with Crippen molar-refractivity contribution in [1.29, 1.82) is 0 Å². The first-order valence-electron chi connectivity index (χ1n) is 6.48. The number of hydrogen-bond donors (Lipinski definition) is 2. The molecule has 0 radical (unpaired) electrons. The summed E-state index contributed by atoms with van der Waals surface area (Å²) in [7, 11) is 1.82. The van der Waals surface area contributed by atoms with Gasteiger partial charge in [0.2, 0.25) is 5.91 Å². The molecule has 0 aliphatic carbocycles. The molecule has 5 heteroatoms. The third-order valence-electron chi connectivity index (χ3n) is 3.45. The molecule has 0 aromatic carbocycles. The summed E-state index contributed by atoms with van der Waals surface area (Å²) in [5.41, 5.74) is 5.41. The summed E-state index contributed by atoms with van der Waals surface area (Å²) >= 11 is 0. The number of carbonyl (C=O) groups excluding carboxylic acids is 1. The van der Waals surface area contributed by atoms with Crippen molar-refractivity contribution < 1.29 is 9.90 Å². The molecule has 5 nitrogen and oxygen atoms in total. The third-order valence-corrected chi connectivity index (χ3v) is 3.45. The van der Waals surface area contributed by atoms with E-state index >= 15 is 0 Å². The minimum absolute atomic E-state index is 0.169. The minimum Gasteiger partial charge on any atom is -0.395 e. The highest BCUT2D eigenvalue weighted by Gasteiger charge is 2.24. The first-order chi connectivity index (χ1) is 8.19. The van der Waals surface area contributed by atoms with Crippen LogP contribution in [0.3, 0.4) is 0 Å². The summed E-state index contributed by atoms with van der Waals surface area (Å²) < 4.78 is 0. The molecule has 1 saturated heterocycles. The first-order valence-corrected chi connectivity index (χ1v) is 6.48. The number of hydrogen-bond acceptors (Lipinski definition) is 4. The van der Waals surface area contributed by atoms with Gasteiger partial charge >= 0.3 is 0 Å². The quantitative estimate of drug-likeness (QED) is 0.641. The van der Waals surface area contributed by atoms with Crippen LogP contribution in [0.25, 0.3) is 0 Å². The molecule has 1 rings (SSSR count). The van der Waals surface area contributed by atoms with Gasteiger partial charge in [0.15, 0.2) is 0 Å². The lowest BCUT2D eigenvalue weighted by atomic mass is 10.2. The van der Waals surface area contributed by atoms with E-state index in [1.54, 1.807) is 4.90 Å². The zero-order valence-corrected chi connectivity index (χ0v) is 10.8. The smallest absolute Gasteiger partial charge is 0.223 e. The number of nitrogens with zero attached hydrogens (tertiary/aromatic N) is 2. The van der Waals surface area contributed by atoms with Crippen LogP contribution in [0, 0.1) is 0 Å². The molecule has 0 aromatic rings. The zero-order valence-electron chi connectivity index (χ0n) is 10.8. The summed E-state index contributed by atoms with van der Waals surface area (Å²) in [5.74, 6) is 0.169. The fourth-order valence-electron chi connectivity index (χ4n) is 2.28. The highest BCUT2D eigenvalue weighted by molar-refractivity contribution is 5.76. The third kappa shape index (κ3) is 4.61. The maximum absolute atomic E-state index is 11.8. The van der Waals surface area contributed by atoms with Gasteiger partial charge < -0.3 is 15.7 Å². The average molecular weight is 243 g/mol. The molecule has 17 heavy (non-hydrogen) atoms. The monoisotopic (exact) mass is 243 g/mol. The molecule has 1 aliphatic heterocycles. The maximum Gasteiger partial charge on any atom is 0.223 e. The second-order valence-corrected chi connectivity index (χ2v) is 4.72. The van der Waals surface area contributed by atoms with Crippen molar-refractivity contribution in [2.24, 2.45) is 5.73 Å². The standard InChI is InChI=1S/C12H25N3O2/c1-14(7-3-6-13)12(17)5-9-15-8-2-4-11(15)10-16/h11,16H,2-10,13H2,1H3. The molecule has 0 saturated carbocycles. The fourth-order valence-corrected chi connectivity index (χ4v) is 2.28. The largest absolute Gasteiger partial charge is 0.395 e. The Morgan fingerprint density at radius 1 is 1.59 bits per heavy atom.